The number of ether oxygens (including phenoxy) is 1. The van der Waals surface area contributed by atoms with Crippen LogP contribution in [0.25, 0.3) is 0 Å². The molecule has 0 aliphatic heterocycles. The highest BCUT2D eigenvalue weighted by molar-refractivity contribution is 7.87. The molecule has 0 N–H and O–H groups in total. The normalized spacial score (nSPS) is 11.3. The number of nitro groups is 1. The summed E-state index contributed by atoms with van der Waals surface area (Å²) in [5.74, 6) is 0.332. The van der Waals surface area contributed by atoms with E-state index < -0.39 is 20.7 Å². The van der Waals surface area contributed by atoms with Gasteiger partial charge in [0.1, 0.15) is 10.6 Å². The molecule has 0 radical (unpaired) electrons. The van der Waals surface area contributed by atoms with Gasteiger partial charge in [-0.05, 0) is 35.7 Å². The maximum Gasteiger partial charge on any atom is 0.339 e. The Balaban J connectivity index is 2.39. The lowest BCUT2D eigenvalue weighted by Gasteiger charge is -2.10. The molecule has 0 aromatic heterocycles. The molecule has 0 aliphatic carbocycles. The molecule has 0 aliphatic rings. The summed E-state index contributed by atoms with van der Waals surface area (Å²) in [6.07, 6.45) is 0. The summed E-state index contributed by atoms with van der Waals surface area (Å²) in [6, 6.07) is 10.0. The molecule has 0 saturated carbocycles. The molecule has 2 rings (SSSR count). The average molecular weight is 351 g/mol. The third kappa shape index (κ3) is 3.83. The van der Waals surface area contributed by atoms with Crippen LogP contribution < -0.4 is 8.92 Å². The van der Waals surface area contributed by atoms with Gasteiger partial charge in [-0.15, -0.1) is 0 Å². The summed E-state index contributed by atoms with van der Waals surface area (Å²) in [7, 11) is -2.93. The zero-order chi connectivity index (χ0) is 17.9. The molecule has 24 heavy (non-hydrogen) atoms. The van der Waals surface area contributed by atoms with E-state index in [1.807, 2.05) is 19.9 Å². The second-order valence-corrected chi connectivity index (χ2v) is 6.90. The molecule has 0 heterocycles. The predicted molar refractivity (Wildman–Crippen MR) is 88.0 cm³/mol. The molecule has 0 fully saturated rings. The lowest BCUT2D eigenvalue weighted by molar-refractivity contribution is -0.386. The van der Waals surface area contributed by atoms with E-state index in [4.69, 9.17) is 8.92 Å². The van der Waals surface area contributed by atoms with E-state index >= 15 is 0 Å². The molecule has 128 valence electrons. The third-order valence-electron chi connectivity index (χ3n) is 3.37. The first-order valence-electron chi connectivity index (χ1n) is 7.11. The molecule has 7 nitrogen and oxygen atoms in total. The maximum atomic E-state index is 12.4. The highest BCUT2D eigenvalue weighted by atomic mass is 32.2. The summed E-state index contributed by atoms with van der Waals surface area (Å²) in [5.41, 5.74) is 0.474. The van der Waals surface area contributed by atoms with Gasteiger partial charge >= 0.3 is 15.8 Å². The number of hydrogen-bond donors (Lipinski definition) is 0. The van der Waals surface area contributed by atoms with Crippen molar-refractivity contribution < 1.29 is 22.3 Å². The summed E-state index contributed by atoms with van der Waals surface area (Å²) >= 11 is 0. The van der Waals surface area contributed by atoms with Crippen LogP contribution in [0, 0.1) is 10.1 Å². The molecule has 2 aromatic rings. The van der Waals surface area contributed by atoms with Gasteiger partial charge in [0.2, 0.25) is 0 Å². The molecule has 0 unspecified atom stereocenters. The van der Waals surface area contributed by atoms with Crippen molar-refractivity contribution >= 4 is 15.8 Å². The van der Waals surface area contributed by atoms with E-state index in [1.54, 1.807) is 12.1 Å². The van der Waals surface area contributed by atoms with Crippen molar-refractivity contribution in [3.63, 3.8) is 0 Å². The monoisotopic (exact) mass is 351 g/mol. The predicted octanol–water partition coefficient (Wildman–Crippen LogP) is 3.49. The zero-order valence-electron chi connectivity index (χ0n) is 13.4. The standard InChI is InChI=1S/C16H17NO6S/c1-11(2)12-5-4-6-13(9-12)23-24(20,21)14-7-8-16(22-3)15(10-14)17(18)19/h4-11H,1-3H3. The minimum atomic E-state index is -4.20. The molecular formula is C16H17NO6S. The van der Waals surface area contributed by atoms with Gasteiger partial charge in [0.15, 0.2) is 5.75 Å². The Morgan fingerprint density at radius 2 is 1.83 bits per heavy atom. The van der Waals surface area contributed by atoms with Gasteiger partial charge in [-0.3, -0.25) is 10.1 Å². The molecule has 8 heteroatoms. The summed E-state index contributed by atoms with van der Waals surface area (Å²) in [5, 5.41) is 11.0. The van der Waals surface area contributed by atoms with E-state index in [-0.39, 0.29) is 22.3 Å². The highest BCUT2D eigenvalue weighted by Crippen LogP contribution is 2.31. The van der Waals surface area contributed by atoms with Crippen LogP contribution in [0.1, 0.15) is 25.3 Å². The summed E-state index contributed by atoms with van der Waals surface area (Å²) in [4.78, 5) is 10.0. The average Bonchev–Trinajstić information content (AvgIpc) is 2.53. The van der Waals surface area contributed by atoms with Crippen molar-refractivity contribution in [3.8, 4) is 11.5 Å². The third-order valence-corrected chi connectivity index (χ3v) is 4.61. The Bertz CT molecular complexity index is 861. The summed E-state index contributed by atoms with van der Waals surface area (Å²) < 4.78 is 34.7. The topological polar surface area (TPSA) is 95.7 Å². The second kappa shape index (κ2) is 6.88. The SMILES string of the molecule is COc1ccc(S(=O)(=O)Oc2cccc(C(C)C)c2)cc1[N+](=O)[O-]. The van der Waals surface area contributed by atoms with E-state index in [0.29, 0.717) is 0 Å². The second-order valence-electron chi connectivity index (χ2n) is 5.36. The van der Waals surface area contributed by atoms with Crippen LogP contribution >= 0.6 is 0 Å². The number of rotatable bonds is 6. The number of benzene rings is 2. The van der Waals surface area contributed by atoms with Crippen LogP contribution in [0.3, 0.4) is 0 Å². The molecule has 2 aromatic carbocycles. The molecule has 0 amide bonds. The van der Waals surface area contributed by atoms with Gasteiger partial charge in [0.05, 0.1) is 12.0 Å². The molecule has 0 spiro atoms. The van der Waals surface area contributed by atoms with Gasteiger partial charge in [0, 0.05) is 6.07 Å². The molecular weight excluding hydrogens is 334 g/mol. The number of nitro benzene ring substituents is 1. The lowest BCUT2D eigenvalue weighted by atomic mass is 10.0. The van der Waals surface area contributed by atoms with Gasteiger partial charge < -0.3 is 8.92 Å². The fourth-order valence-electron chi connectivity index (χ4n) is 2.07. The van der Waals surface area contributed by atoms with Crippen LogP contribution in [-0.4, -0.2) is 20.5 Å². The van der Waals surface area contributed by atoms with Gasteiger partial charge in [0.25, 0.3) is 0 Å². The Hall–Kier alpha value is -2.61. The lowest BCUT2D eigenvalue weighted by Crippen LogP contribution is -2.10. The van der Waals surface area contributed by atoms with Crippen LogP contribution in [0.5, 0.6) is 11.5 Å². The first kappa shape index (κ1) is 17.7. The van der Waals surface area contributed by atoms with Gasteiger partial charge in [-0.25, -0.2) is 0 Å². The van der Waals surface area contributed by atoms with Crippen molar-refractivity contribution in [2.75, 3.05) is 7.11 Å². The van der Waals surface area contributed by atoms with E-state index in [0.717, 1.165) is 11.6 Å². The first-order valence-corrected chi connectivity index (χ1v) is 8.52. The minimum Gasteiger partial charge on any atom is -0.490 e. The van der Waals surface area contributed by atoms with E-state index in [1.165, 1.54) is 25.3 Å². The molecule has 0 saturated heterocycles. The number of hydrogen-bond acceptors (Lipinski definition) is 6. The van der Waals surface area contributed by atoms with Crippen LogP contribution in [0.4, 0.5) is 5.69 Å². The van der Waals surface area contributed by atoms with Crippen LogP contribution in [0.15, 0.2) is 47.4 Å². The Morgan fingerprint density at radius 1 is 1.12 bits per heavy atom. The Labute approximate surface area is 140 Å². The first-order chi connectivity index (χ1) is 11.2. The minimum absolute atomic E-state index is 0.0271. The maximum absolute atomic E-state index is 12.4. The Morgan fingerprint density at radius 3 is 2.42 bits per heavy atom. The van der Waals surface area contributed by atoms with Crippen molar-refractivity contribution in [1.82, 2.24) is 0 Å². The summed E-state index contributed by atoms with van der Waals surface area (Å²) in [6.45, 7) is 3.95. The highest BCUT2D eigenvalue weighted by Gasteiger charge is 2.23. The van der Waals surface area contributed by atoms with E-state index in [2.05, 4.69) is 0 Å². The van der Waals surface area contributed by atoms with Crippen LogP contribution in [-0.2, 0) is 10.1 Å². The smallest absolute Gasteiger partial charge is 0.339 e. The number of nitrogens with zero attached hydrogens (tertiary/aromatic N) is 1. The zero-order valence-corrected chi connectivity index (χ0v) is 14.2. The quantitative estimate of drug-likeness (QED) is 0.449. The van der Waals surface area contributed by atoms with Crippen molar-refractivity contribution in [2.45, 2.75) is 24.7 Å². The number of methoxy groups -OCH3 is 1. The van der Waals surface area contributed by atoms with Crippen molar-refractivity contribution in [1.29, 1.82) is 0 Å². The Kier molecular flexibility index (Phi) is 5.08. The fourth-order valence-corrected chi connectivity index (χ4v) is 3.01. The van der Waals surface area contributed by atoms with Gasteiger partial charge in [-0.2, -0.15) is 8.42 Å². The van der Waals surface area contributed by atoms with Crippen molar-refractivity contribution in [3.05, 3.63) is 58.1 Å². The van der Waals surface area contributed by atoms with Crippen LogP contribution in [0.2, 0.25) is 0 Å². The van der Waals surface area contributed by atoms with E-state index in [9.17, 15) is 18.5 Å². The molecule has 0 bridgehead atoms. The van der Waals surface area contributed by atoms with Gasteiger partial charge in [-0.1, -0.05) is 26.0 Å². The fraction of sp³-hybridized carbons (Fsp3) is 0.250. The van der Waals surface area contributed by atoms with Crippen molar-refractivity contribution in [2.24, 2.45) is 0 Å². The molecule has 0 atom stereocenters. The largest absolute Gasteiger partial charge is 0.490 e.